The highest BCUT2D eigenvalue weighted by Crippen LogP contribution is 2.18. The van der Waals surface area contributed by atoms with Gasteiger partial charge in [0.25, 0.3) is 0 Å². The van der Waals surface area contributed by atoms with Crippen LogP contribution in [0.4, 0.5) is 0 Å². The third kappa shape index (κ3) is 2.82. The Morgan fingerprint density at radius 1 is 0.875 bits per heavy atom. The molecule has 0 atom stereocenters. The molecule has 0 aliphatic heterocycles. The van der Waals surface area contributed by atoms with Gasteiger partial charge in [-0.15, -0.1) is 0 Å². The predicted molar refractivity (Wildman–Crippen MR) is 72.2 cm³/mol. The first-order valence-corrected chi connectivity index (χ1v) is 7.30. The van der Waals surface area contributed by atoms with Crippen LogP contribution in [0.2, 0.25) is 0 Å². The summed E-state index contributed by atoms with van der Waals surface area (Å²) in [7, 11) is 0.192. The van der Waals surface area contributed by atoms with Crippen molar-refractivity contribution >= 4 is 25.4 Å². The van der Waals surface area contributed by atoms with Gasteiger partial charge in [-0.3, -0.25) is 0 Å². The van der Waals surface area contributed by atoms with Gasteiger partial charge in [0, 0.05) is 5.19 Å². The van der Waals surface area contributed by atoms with Crippen LogP contribution in [-0.2, 0) is 4.12 Å². The number of benzene rings is 2. The van der Waals surface area contributed by atoms with Crippen LogP contribution in [0.1, 0.15) is 0 Å². The summed E-state index contributed by atoms with van der Waals surface area (Å²) < 4.78 is 11.2. The molecule has 2 aromatic rings. The minimum absolute atomic E-state index is 0.609. The molecule has 16 heavy (non-hydrogen) atoms. The molecule has 0 aliphatic rings. The second-order valence-corrected chi connectivity index (χ2v) is 6.82. The molecule has 0 aromatic heterocycles. The Labute approximate surface area is 101 Å². The summed E-state index contributed by atoms with van der Waals surface area (Å²) in [5.41, 5.74) is 0. The fraction of sp³-hybridized carbons (Fsp3) is 0. The van der Waals surface area contributed by atoms with E-state index < -0.39 is 9.76 Å². The number of para-hydroxylation sites is 2. The molecule has 0 saturated heterocycles. The first-order chi connectivity index (χ1) is 7.90. The molecule has 0 spiro atoms. The Bertz CT molecular complexity index is 446. The Balaban J connectivity index is 2.21. The van der Waals surface area contributed by atoms with E-state index in [1.165, 1.54) is 5.19 Å². The molecule has 0 radical (unpaired) electrons. The van der Waals surface area contributed by atoms with Gasteiger partial charge < -0.3 is 8.85 Å². The lowest BCUT2D eigenvalue weighted by Crippen LogP contribution is -2.18. The van der Waals surface area contributed by atoms with Crippen molar-refractivity contribution in [2.75, 3.05) is 0 Å². The lowest BCUT2D eigenvalue weighted by Gasteiger charge is -2.09. The second-order valence-electron chi connectivity index (χ2n) is 3.46. The van der Waals surface area contributed by atoms with Crippen molar-refractivity contribution in [1.29, 1.82) is 0 Å². The standard InChI is InChI=1S/C12H14O2Si2/c15-14-16-12-9-5-4-8-11(12)13-10-6-2-1-3-7-10/h1-9H,16H2,15H3. The molecule has 0 saturated carbocycles. The summed E-state index contributed by atoms with van der Waals surface area (Å²) >= 11 is 0. The zero-order valence-corrected chi connectivity index (χ0v) is 12.6. The van der Waals surface area contributed by atoms with Crippen molar-refractivity contribution < 1.29 is 8.85 Å². The van der Waals surface area contributed by atoms with Gasteiger partial charge in [0.1, 0.15) is 22.0 Å². The van der Waals surface area contributed by atoms with Gasteiger partial charge in [-0.1, -0.05) is 36.4 Å². The minimum atomic E-state index is -0.609. The van der Waals surface area contributed by atoms with Crippen LogP contribution in [0.15, 0.2) is 54.6 Å². The maximum atomic E-state index is 5.83. The maximum absolute atomic E-state index is 5.83. The van der Waals surface area contributed by atoms with Gasteiger partial charge >= 0.3 is 0 Å². The molecule has 82 valence electrons. The van der Waals surface area contributed by atoms with E-state index in [0.717, 1.165) is 22.0 Å². The lowest BCUT2D eigenvalue weighted by molar-refractivity contribution is 0.485. The van der Waals surface area contributed by atoms with E-state index in [4.69, 9.17) is 8.85 Å². The van der Waals surface area contributed by atoms with E-state index in [-0.39, 0.29) is 0 Å². The van der Waals surface area contributed by atoms with Crippen LogP contribution >= 0.6 is 0 Å². The third-order valence-electron chi connectivity index (χ3n) is 2.24. The number of rotatable bonds is 4. The van der Waals surface area contributed by atoms with Crippen LogP contribution in [0.25, 0.3) is 0 Å². The van der Waals surface area contributed by atoms with Crippen molar-refractivity contribution in [2.24, 2.45) is 0 Å². The molecule has 0 unspecified atom stereocenters. The average molecular weight is 246 g/mol. The molecular formula is C12H14O2Si2. The van der Waals surface area contributed by atoms with Crippen molar-refractivity contribution in [3.8, 4) is 11.5 Å². The Morgan fingerprint density at radius 2 is 1.56 bits per heavy atom. The third-order valence-corrected chi connectivity index (χ3v) is 4.29. The van der Waals surface area contributed by atoms with Crippen molar-refractivity contribution in [3.05, 3.63) is 54.6 Å². The summed E-state index contributed by atoms with van der Waals surface area (Å²) in [5.74, 6) is 1.80. The quantitative estimate of drug-likeness (QED) is 0.731. The predicted octanol–water partition coefficient (Wildman–Crippen LogP) is 0.485. The Kier molecular flexibility index (Phi) is 3.93. The zero-order valence-electron chi connectivity index (χ0n) is 9.22. The number of hydrogen-bond acceptors (Lipinski definition) is 2. The van der Waals surface area contributed by atoms with Gasteiger partial charge in [0.15, 0.2) is 9.76 Å². The fourth-order valence-corrected chi connectivity index (χ4v) is 3.30. The first-order valence-electron chi connectivity index (χ1n) is 5.20. The minimum Gasteiger partial charge on any atom is -0.465 e. The molecule has 4 heteroatoms. The smallest absolute Gasteiger partial charge is 0.182 e. The summed E-state index contributed by atoms with van der Waals surface area (Å²) in [6.45, 7) is 0. The molecular weight excluding hydrogens is 232 g/mol. The number of ether oxygens (including phenoxy) is 1. The highest BCUT2D eigenvalue weighted by Gasteiger charge is 2.03. The Morgan fingerprint density at radius 3 is 2.31 bits per heavy atom. The summed E-state index contributed by atoms with van der Waals surface area (Å²) in [4.78, 5) is 0. The van der Waals surface area contributed by atoms with Crippen LogP contribution in [0.5, 0.6) is 11.5 Å². The van der Waals surface area contributed by atoms with Crippen LogP contribution in [-0.4, -0.2) is 20.2 Å². The van der Waals surface area contributed by atoms with Crippen molar-refractivity contribution in [1.82, 2.24) is 0 Å². The molecule has 0 fully saturated rings. The lowest BCUT2D eigenvalue weighted by atomic mass is 10.3. The van der Waals surface area contributed by atoms with Gasteiger partial charge in [-0.05, 0) is 18.2 Å². The second kappa shape index (κ2) is 5.65. The highest BCUT2D eigenvalue weighted by atomic mass is 28.3. The van der Waals surface area contributed by atoms with Crippen LogP contribution in [0, 0.1) is 0 Å². The molecule has 2 rings (SSSR count). The fourth-order valence-electron chi connectivity index (χ4n) is 1.49. The molecule has 0 heterocycles. The van der Waals surface area contributed by atoms with Gasteiger partial charge in [0.05, 0.1) is 0 Å². The molecule has 0 N–H and O–H groups in total. The zero-order chi connectivity index (χ0) is 11.2. The van der Waals surface area contributed by atoms with E-state index in [2.05, 4.69) is 6.07 Å². The van der Waals surface area contributed by atoms with E-state index in [1.54, 1.807) is 0 Å². The normalized spacial score (nSPS) is 11.0. The molecule has 0 bridgehead atoms. The first kappa shape index (κ1) is 11.1. The van der Waals surface area contributed by atoms with Gasteiger partial charge in [-0.2, -0.15) is 0 Å². The maximum Gasteiger partial charge on any atom is 0.182 e. The number of hydrogen-bond donors (Lipinski definition) is 0. The van der Waals surface area contributed by atoms with E-state index in [0.29, 0.717) is 0 Å². The molecule has 2 nitrogen and oxygen atoms in total. The summed E-state index contributed by atoms with van der Waals surface area (Å²) in [6.07, 6.45) is 0. The largest absolute Gasteiger partial charge is 0.465 e. The molecule has 0 aliphatic carbocycles. The van der Waals surface area contributed by atoms with Crippen LogP contribution < -0.4 is 9.92 Å². The van der Waals surface area contributed by atoms with Crippen molar-refractivity contribution in [3.63, 3.8) is 0 Å². The topological polar surface area (TPSA) is 18.5 Å². The van der Waals surface area contributed by atoms with E-state index >= 15 is 0 Å². The average Bonchev–Trinajstić information content (AvgIpc) is 2.33. The van der Waals surface area contributed by atoms with Crippen LogP contribution in [0.3, 0.4) is 0 Å². The summed E-state index contributed by atoms with van der Waals surface area (Å²) in [5, 5.41) is 1.22. The SMILES string of the molecule is [SiH3]O[SiH2]c1ccccc1Oc1ccccc1. The summed E-state index contributed by atoms with van der Waals surface area (Å²) in [6, 6.07) is 17.9. The van der Waals surface area contributed by atoms with Gasteiger partial charge in [0.2, 0.25) is 0 Å². The Hall–Kier alpha value is -1.37. The molecule has 0 amide bonds. The molecule has 2 aromatic carbocycles. The van der Waals surface area contributed by atoms with Gasteiger partial charge in [-0.25, -0.2) is 0 Å². The van der Waals surface area contributed by atoms with E-state index in [9.17, 15) is 0 Å². The highest BCUT2D eigenvalue weighted by molar-refractivity contribution is 6.51. The van der Waals surface area contributed by atoms with E-state index in [1.807, 2.05) is 48.5 Å². The monoisotopic (exact) mass is 246 g/mol. The van der Waals surface area contributed by atoms with Crippen molar-refractivity contribution in [2.45, 2.75) is 0 Å².